The number of hydrogen-bond donors (Lipinski definition) is 1. The highest BCUT2D eigenvalue weighted by molar-refractivity contribution is 7.10. The van der Waals surface area contributed by atoms with Crippen molar-refractivity contribution in [3.63, 3.8) is 0 Å². The van der Waals surface area contributed by atoms with Crippen molar-refractivity contribution < 1.29 is 18.7 Å². The number of thiophene rings is 1. The summed E-state index contributed by atoms with van der Waals surface area (Å²) in [6, 6.07) is 18.8. The van der Waals surface area contributed by atoms with E-state index >= 15 is 0 Å². The van der Waals surface area contributed by atoms with Gasteiger partial charge in [-0.15, -0.1) is 11.3 Å². The Hall–Kier alpha value is -4.23. The van der Waals surface area contributed by atoms with Gasteiger partial charge in [0.2, 0.25) is 0 Å². The zero-order valence-electron chi connectivity index (χ0n) is 21.7. The molecule has 0 spiro atoms. The molecule has 0 amide bonds. The first-order valence-electron chi connectivity index (χ1n) is 12.9. The zero-order chi connectivity index (χ0) is 27.1. The number of dihydropyridines is 1. The van der Waals surface area contributed by atoms with Crippen LogP contribution in [-0.2, 0) is 20.9 Å². The van der Waals surface area contributed by atoms with Crippen LogP contribution in [0.2, 0.25) is 0 Å². The minimum atomic E-state index is -0.887. The molecule has 7 heteroatoms. The Labute approximate surface area is 229 Å². The molecule has 1 N–H and O–H groups in total. The molecule has 0 bridgehead atoms. The number of hydrogen-bond acceptors (Lipinski definition) is 7. The summed E-state index contributed by atoms with van der Waals surface area (Å²) in [4.78, 5) is 42.5. The molecule has 2 atom stereocenters. The number of carbonyl (C=O) groups is 2. The number of Topliss-reactive ketones (excluding diaryl/α,β-unsaturated/α-hetero) is 1. The number of nitrogens with one attached hydrogen (secondary N) is 1. The van der Waals surface area contributed by atoms with Crippen LogP contribution in [-0.4, -0.2) is 11.8 Å². The molecule has 6 nitrogen and oxygen atoms in total. The van der Waals surface area contributed by atoms with Crippen molar-refractivity contribution in [1.29, 1.82) is 0 Å². The predicted octanol–water partition coefficient (Wildman–Crippen LogP) is 6.27. The fourth-order valence-corrected chi connectivity index (χ4v) is 6.44. The van der Waals surface area contributed by atoms with Gasteiger partial charge in [-0.25, -0.2) is 4.79 Å². The van der Waals surface area contributed by atoms with Gasteiger partial charge < -0.3 is 14.5 Å². The molecule has 0 unspecified atom stereocenters. The number of fused-ring (bicyclic) bond motifs is 1. The predicted molar refractivity (Wildman–Crippen MR) is 150 cm³/mol. The van der Waals surface area contributed by atoms with Crippen molar-refractivity contribution >= 4 is 34.1 Å². The van der Waals surface area contributed by atoms with Crippen LogP contribution in [0.4, 0.5) is 0 Å². The maximum atomic E-state index is 13.9. The third kappa shape index (κ3) is 4.63. The van der Waals surface area contributed by atoms with Crippen LogP contribution in [0.25, 0.3) is 11.0 Å². The molecule has 2 aliphatic rings. The second kappa shape index (κ2) is 10.2. The lowest BCUT2D eigenvalue weighted by molar-refractivity contribution is -0.140. The van der Waals surface area contributed by atoms with Crippen LogP contribution in [0.15, 0.2) is 104 Å². The lowest BCUT2D eigenvalue weighted by atomic mass is 9.73. The number of aryl methyl sites for hydroxylation is 1. The van der Waals surface area contributed by atoms with Gasteiger partial charge in [0.1, 0.15) is 12.2 Å². The Morgan fingerprint density at radius 3 is 2.64 bits per heavy atom. The molecule has 2 aromatic carbocycles. The second-order valence-corrected chi connectivity index (χ2v) is 11.1. The average molecular weight is 538 g/mol. The molecule has 0 saturated heterocycles. The molecular weight excluding hydrogens is 510 g/mol. The Morgan fingerprint density at radius 1 is 1.05 bits per heavy atom. The molecular formula is C32H27NO5S. The van der Waals surface area contributed by atoms with E-state index in [1.807, 2.05) is 60.8 Å². The van der Waals surface area contributed by atoms with E-state index in [0.717, 1.165) is 21.7 Å². The van der Waals surface area contributed by atoms with Crippen molar-refractivity contribution in [3.8, 4) is 0 Å². The molecule has 2 aromatic heterocycles. The van der Waals surface area contributed by atoms with Crippen LogP contribution in [0, 0.1) is 6.92 Å². The Bertz CT molecular complexity index is 1710. The summed E-state index contributed by atoms with van der Waals surface area (Å²) in [6.07, 6.45) is 2.32. The van der Waals surface area contributed by atoms with Gasteiger partial charge in [-0.3, -0.25) is 9.59 Å². The fourth-order valence-electron chi connectivity index (χ4n) is 5.61. The van der Waals surface area contributed by atoms with E-state index in [4.69, 9.17) is 9.15 Å². The van der Waals surface area contributed by atoms with Gasteiger partial charge in [0.15, 0.2) is 11.2 Å². The maximum Gasteiger partial charge on any atom is 0.337 e. The quantitative estimate of drug-likeness (QED) is 0.302. The number of ether oxygens (including phenoxy) is 1. The summed E-state index contributed by atoms with van der Waals surface area (Å²) in [5.74, 6) is -1.50. The smallest absolute Gasteiger partial charge is 0.337 e. The first-order valence-corrected chi connectivity index (χ1v) is 13.8. The number of ketones is 1. The first-order chi connectivity index (χ1) is 18.9. The van der Waals surface area contributed by atoms with Crippen molar-refractivity contribution in [1.82, 2.24) is 5.32 Å². The molecule has 6 rings (SSSR count). The summed E-state index contributed by atoms with van der Waals surface area (Å²) >= 11 is 1.63. The summed E-state index contributed by atoms with van der Waals surface area (Å²) in [6.45, 7) is 3.78. The normalized spacial score (nSPS) is 19.2. The van der Waals surface area contributed by atoms with Gasteiger partial charge in [-0.1, -0.05) is 48.0 Å². The Kier molecular flexibility index (Phi) is 6.53. The largest absolute Gasteiger partial charge is 0.464 e. The first kappa shape index (κ1) is 25.1. The molecule has 1 aliphatic carbocycles. The molecule has 3 heterocycles. The minimum absolute atomic E-state index is 0.0412. The van der Waals surface area contributed by atoms with E-state index in [0.29, 0.717) is 35.1 Å². The highest BCUT2D eigenvalue weighted by Gasteiger charge is 2.43. The lowest BCUT2D eigenvalue weighted by Gasteiger charge is -2.36. The van der Waals surface area contributed by atoms with E-state index in [9.17, 15) is 14.4 Å². The van der Waals surface area contributed by atoms with Crippen LogP contribution >= 0.6 is 11.3 Å². The van der Waals surface area contributed by atoms with Crippen molar-refractivity contribution in [2.45, 2.75) is 45.1 Å². The third-order valence-electron chi connectivity index (χ3n) is 7.47. The molecule has 4 aromatic rings. The highest BCUT2D eigenvalue weighted by atomic mass is 32.1. The molecule has 196 valence electrons. The Morgan fingerprint density at radius 2 is 1.87 bits per heavy atom. The number of benzene rings is 2. The molecule has 0 saturated carbocycles. The zero-order valence-corrected chi connectivity index (χ0v) is 22.5. The summed E-state index contributed by atoms with van der Waals surface area (Å²) in [7, 11) is 0. The summed E-state index contributed by atoms with van der Waals surface area (Å²) in [5.41, 5.74) is 4.24. The summed E-state index contributed by atoms with van der Waals surface area (Å²) in [5, 5.41) is 5.77. The van der Waals surface area contributed by atoms with Gasteiger partial charge in [0.05, 0.1) is 23.1 Å². The van der Waals surface area contributed by atoms with Gasteiger partial charge >= 0.3 is 5.97 Å². The molecule has 0 fully saturated rings. The topological polar surface area (TPSA) is 85.6 Å². The summed E-state index contributed by atoms with van der Waals surface area (Å²) < 4.78 is 11.6. The standard InChI is InChI=1S/C32H27NO5S/c1-18-10-11-26-22(13-18)31(35)23(17-37-26)29-28(32(36)38-16-20-7-4-3-5-8-20)19(2)33-24-14-21(15-25(34)30(24)29)27-9-6-12-39-27/h3-13,17,21,29,33H,14-16H2,1-2H3/t21-,29-/m0/s1. The van der Waals surface area contributed by atoms with Gasteiger partial charge in [0.25, 0.3) is 0 Å². The van der Waals surface area contributed by atoms with Crippen LogP contribution in [0.1, 0.15) is 53.2 Å². The van der Waals surface area contributed by atoms with E-state index in [1.165, 1.54) is 6.26 Å². The van der Waals surface area contributed by atoms with E-state index in [1.54, 1.807) is 30.4 Å². The van der Waals surface area contributed by atoms with Gasteiger partial charge in [0, 0.05) is 39.7 Å². The van der Waals surface area contributed by atoms with Crippen LogP contribution < -0.4 is 10.7 Å². The average Bonchev–Trinajstić information content (AvgIpc) is 3.47. The van der Waals surface area contributed by atoms with E-state index in [-0.39, 0.29) is 34.9 Å². The van der Waals surface area contributed by atoms with Gasteiger partial charge in [-0.05, 0) is 49.4 Å². The number of rotatable bonds is 5. The number of carbonyl (C=O) groups excluding carboxylic acids is 2. The van der Waals surface area contributed by atoms with Crippen molar-refractivity contribution in [2.24, 2.45) is 0 Å². The van der Waals surface area contributed by atoms with E-state index in [2.05, 4.69) is 5.32 Å². The monoisotopic (exact) mass is 537 g/mol. The second-order valence-electron chi connectivity index (χ2n) is 10.1. The fraction of sp³-hybridized carbons (Fsp3) is 0.219. The molecule has 0 radical (unpaired) electrons. The number of allylic oxidation sites excluding steroid dienone is 3. The van der Waals surface area contributed by atoms with Crippen LogP contribution in [0.5, 0.6) is 0 Å². The lowest BCUT2D eigenvalue weighted by Crippen LogP contribution is -2.37. The van der Waals surface area contributed by atoms with Crippen molar-refractivity contribution in [2.75, 3.05) is 0 Å². The highest BCUT2D eigenvalue weighted by Crippen LogP contribution is 2.46. The third-order valence-corrected chi connectivity index (χ3v) is 8.51. The van der Waals surface area contributed by atoms with Gasteiger partial charge in [-0.2, -0.15) is 0 Å². The molecule has 39 heavy (non-hydrogen) atoms. The Balaban J connectivity index is 1.46. The molecule has 1 aliphatic heterocycles. The van der Waals surface area contributed by atoms with Crippen LogP contribution in [0.3, 0.4) is 0 Å². The SMILES string of the molecule is CC1=C(C(=O)OCc2ccccc2)[C@H](c2coc3ccc(C)cc3c2=O)C2=C(C[C@H](c3cccs3)CC2=O)N1. The van der Waals surface area contributed by atoms with E-state index < -0.39 is 11.9 Å². The number of esters is 1. The minimum Gasteiger partial charge on any atom is -0.464 e. The maximum absolute atomic E-state index is 13.9. The van der Waals surface area contributed by atoms with Crippen molar-refractivity contribution in [3.05, 3.63) is 127 Å².